The van der Waals surface area contributed by atoms with E-state index in [2.05, 4.69) is 14.7 Å². The Morgan fingerprint density at radius 2 is 1.91 bits per heavy atom. The molecule has 7 nitrogen and oxygen atoms in total. The van der Waals surface area contributed by atoms with Gasteiger partial charge in [0.1, 0.15) is 5.69 Å². The first-order chi connectivity index (χ1) is 15.3. The van der Waals surface area contributed by atoms with Gasteiger partial charge in [0.2, 0.25) is 16.0 Å². The van der Waals surface area contributed by atoms with Crippen molar-refractivity contribution in [3.8, 4) is 11.3 Å². The van der Waals surface area contributed by atoms with E-state index in [0.717, 1.165) is 6.26 Å². The van der Waals surface area contributed by atoms with Crippen LogP contribution in [-0.2, 0) is 28.3 Å². The molecule has 1 aromatic heterocycles. The summed E-state index contributed by atoms with van der Waals surface area (Å²) in [5.41, 5.74) is -0.0272. The van der Waals surface area contributed by atoms with E-state index in [1.807, 2.05) is 0 Å². The van der Waals surface area contributed by atoms with Crippen LogP contribution in [0.4, 0.5) is 23.5 Å². The Morgan fingerprint density at radius 1 is 1.18 bits per heavy atom. The molecular formula is C21H22F4N4O3S. The fourth-order valence-corrected chi connectivity index (χ4v) is 5.52. The van der Waals surface area contributed by atoms with E-state index in [0.29, 0.717) is 0 Å². The zero-order valence-corrected chi connectivity index (χ0v) is 18.6. The standard InChI is InChI=1S/C21H22F4N4O3S/c1-10-16(30)9-29(10)19-26-17(13-5-6-20(22,23)18(13)27-19)11-3-4-12-14(7-11)21(24,25)8-15(12)28-33(2,31)32/h3-4,7,10,15-16,28,30H,5-6,8-9H2,1-2H3/t10-,15+,16+/m0/s1. The largest absolute Gasteiger partial charge is 0.389 e. The van der Waals surface area contributed by atoms with Gasteiger partial charge in [-0.2, -0.15) is 8.78 Å². The molecule has 1 aromatic carbocycles. The molecule has 3 aliphatic rings. The molecular weight excluding hydrogens is 464 g/mol. The lowest BCUT2D eigenvalue weighted by atomic mass is 9.98. The highest BCUT2D eigenvalue weighted by atomic mass is 32.2. The second kappa shape index (κ2) is 7.09. The minimum absolute atomic E-state index is 0.00185. The maximum Gasteiger partial charge on any atom is 0.290 e. The summed E-state index contributed by atoms with van der Waals surface area (Å²) in [4.78, 5) is 10.1. The summed E-state index contributed by atoms with van der Waals surface area (Å²) in [5, 5.41) is 9.82. The van der Waals surface area contributed by atoms with Gasteiger partial charge in [-0.25, -0.2) is 31.9 Å². The van der Waals surface area contributed by atoms with Crippen molar-refractivity contribution in [2.45, 2.75) is 56.2 Å². The lowest BCUT2D eigenvalue weighted by Crippen LogP contribution is -2.59. The highest BCUT2D eigenvalue weighted by Crippen LogP contribution is 2.50. The molecule has 0 unspecified atom stereocenters. The number of aromatic nitrogens is 2. The molecule has 12 heteroatoms. The summed E-state index contributed by atoms with van der Waals surface area (Å²) in [6, 6.07) is 2.65. The van der Waals surface area contributed by atoms with Crippen molar-refractivity contribution in [2.75, 3.05) is 17.7 Å². The van der Waals surface area contributed by atoms with Gasteiger partial charge < -0.3 is 10.0 Å². The quantitative estimate of drug-likeness (QED) is 0.646. The van der Waals surface area contributed by atoms with Crippen molar-refractivity contribution >= 4 is 16.0 Å². The van der Waals surface area contributed by atoms with Gasteiger partial charge in [0.15, 0.2) is 0 Å². The number of hydrogen-bond donors (Lipinski definition) is 2. The van der Waals surface area contributed by atoms with Crippen molar-refractivity contribution in [1.29, 1.82) is 0 Å². The average molecular weight is 486 g/mol. The van der Waals surface area contributed by atoms with Crippen molar-refractivity contribution in [1.82, 2.24) is 14.7 Å². The van der Waals surface area contributed by atoms with Crippen LogP contribution in [0, 0.1) is 0 Å². The van der Waals surface area contributed by atoms with Crippen LogP contribution >= 0.6 is 0 Å². The van der Waals surface area contributed by atoms with Crippen LogP contribution in [0.25, 0.3) is 11.3 Å². The third kappa shape index (κ3) is 3.68. The zero-order valence-electron chi connectivity index (χ0n) is 17.8. The Kier molecular flexibility index (Phi) is 4.83. The number of fused-ring (bicyclic) bond motifs is 2. The van der Waals surface area contributed by atoms with Crippen LogP contribution < -0.4 is 9.62 Å². The molecule has 2 aliphatic carbocycles. The highest BCUT2D eigenvalue weighted by molar-refractivity contribution is 7.88. The number of halogens is 4. The number of aliphatic hydroxyl groups is 1. The number of sulfonamides is 1. The summed E-state index contributed by atoms with van der Waals surface area (Å²) in [6.45, 7) is 1.90. The van der Waals surface area contributed by atoms with Crippen LogP contribution in [0.15, 0.2) is 18.2 Å². The highest BCUT2D eigenvalue weighted by Gasteiger charge is 2.47. The molecule has 33 heavy (non-hydrogen) atoms. The SMILES string of the molecule is C[C@H]1[C@H](O)CN1c1nc(-c2ccc3c(c2)C(F)(F)C[C@H]3NS(C)(=O)=O)c2c(n1)C(F)(F)CC2. The number of benzene rings is 1. The smallest absolute Gasteiger partial charge is 0.290 e. The normalized spacial score (nSPS) is 27.2. The van der Waals surface area contributed by atoms with Crippen LogP contribution in [0.1, 0.15) is 48.2 Å². The Labute approximate surface area is 187 Å². The Balaban J connectivity index is 1.63. The van der Waals surface area contributed by atoms with Crippen molar-refractivity contribution in [3.05, 3.63) is 40.6 Å². The Hall–Kier alpha value is -2.31. The molecule has 0 amide bonds. The Bertz CT molecular complexity index is 1250. The first-order valence-electron chi connectivity index (χ1n) is 10.5. The van der Waals surface area contributed by atoms with Crippen LogP contribution in [0.3, 0.4) is 0 Å². The van der Waals surface area contributed by atoms with E-state index in [9.17, 15) is 31.1 Å². The van der Waals surface area contributed by atoms with Crippen molar-refractivity contribution in [3.63, 3.8) is 0 Å². The first kappa shape index (κ1) is 22.5. The molecule has 0 radical (unpaired) electrons. The van der Waals surface area contributed by atoms with Gasteiger partial charge in [-0.15, -0.1) is 0 Å². The first-order valence-corrected chi connectivity index (χ1v) is 12.4. The summed E-state index contributed by atoms with van der Waals surface area (Å²) < 4.78 is 84.2. The summed E-state index contributed by atoms with van der Waals surface area (Å²) in [6.07, 6.45) is -0.914. The molecule has 2 aromatic rings. The van der Waals surface area contributed by atoms with Gasteiger partial charge in [0.05, 0.1) is 30.1 Å². The molecule has 1 aliphatic heterocycles. The van der Waals surface area contributed by atoms with E-state index in [1.54, 1.807) is 11.8 Å². The molecule has 2 heterocycles. The van der Waals surface area contributed by atoms with E-state index in [-0.39, 0.29) is 52.9 Å². The molecule has 0 saturated carbocycles. The van der Waals surface area contributed by atoms with Crippen LogP contribution in [0.2, 0.25) is 0 Å². The van der Waals surface area contributed by atoms with Gasteiger partial charge in [-0.3, -0.25) is 0 Å². The number of nitrogens with one attached hydrogen (secondary N) is 1. The number of rotatable bonds is 4. The number of anilines is 1. The third-order valence-corrected chi connectivity index (χ3v) is 7.35. The van der Waals surface area contributed by atoms with E-state index >= 15 is 0 Å². The monoisotopic (exact) mass is 486 g/mol. The van der Waals surface area contributed by atoms with Crippen LogP contribution in [-0.4, -0.2) is 48.4 Å². The second-order valence-corrected chi connectivity index (χ2v) is 10.8. The predicted octanol–water partition coefficient (Wildman–Crippen LogP) is 2.84. The minimum Gasteiger partial charge on any atom is -0.389 e. The molecule has 0 bridgehead atoms. The van der Waals surface area contributed by atoms with Gasteiger partial charge in [0, 0.05) is 36.1 Å². The van der Waals surface area contributed by atoms with Crippen LogP contribution in [0.5, 0.6) is 0 Å². The molecule has 1 fully saturated rings. The molecule has 1 saturated heterocycles. The average Bonchev–Trinajstić information content (AvgIpc) is 3.16. The molecule has 5 rings (SSSR count). The van der Waals surface area contributed by atoms with Crippen molar-refractivity contribution in [2.24, 2.45) is 0 Å². The van der Waals surface area contributed by atoms with Gasteiger partial charge in [-0.1, -0.05) is 12.1 Å². The molecule has 178 valence electrons. The molecule has 0 spiro atoms. The van der Waals surface area contributed by atoms with E-state index < -0.39 is 52.5 Å². The van der Waals surface area contributed by atoms with E-state index in [4.69, 9.17) is 0 Å². The van der Waals surface area contributed by atoms with Gasteiger partial charge in [0.25, 0.3) is 11.8 Å². The molecule has 2 N–H and O–H groups in total. The fraction of sp³-hybridized carbons (Fsp3) is 0.524. The second-order valence-electron chi connectivity index (χ2n) is 9.02. The maximum atomic E-state index is 14.8. The minimum atomic E-state index is -3.72. The maximum absolute atomic E-state index is 14.8. The number of hydrogen-bond acceptors (Lipinski definition) is 6. The number of alkyl halides is 4. The predicted molar refractivity (Wildman–Crippen MR) is 112 cm³/mol. The zero-order chi connectivity index (χ0) is 23.9. The summed E-state index contributed by atoms with van der Waals surface area (Å²) >= 11 is 0. The van der Waals surface area contributed by atoms with E-state index in [1.165, 1.54) is 18.2 Å². The summed E-state index contributed by atoms with van der Waals surface area (Å²) in [7, 11) is -3.72. The van der Waals surface area contributed by atoms with Gasteiger partial charge >= 0.3 is 0 Å². The van der Waals surface area contributed by atoms with Crippen molar-refractivity contribution < 1.29 is 31.1 Å². The van der Waals surface area contributed by atoms with Gasteiger partial charge in [-0.05, 0) is 25.0 Å². The number of nitrogens with zero attached hydrogens (tertiary/aromatic N) is 3. The number of β-amino-alcohol motifs (C(OH)–C–C–N with tert-alkyl or cyclic N) is 1. The molecule has 3 atom stereocenters. The lowest BCUT2D eigenvalue weighted by Gasteiger charge is -2.43. The third-order valence-electron chi connectivity index (χ3n) is 6.63. The summed E-state index contributed by atoms with van der Waals surface area (Å²) in [5.74, 6) is -6.45. The lowest BCUT2D eigenvalue weighted by molar-refractivity contribution is -0.00763. The number of aliphatic hydroxyl groups excluding tert-OH is 1. The Morgan fingerprint density at radius 3 is 2.55 bits per heavy atom. The topological polar surface area (TPSA) is 95.4 Å². The fourth-order valence-electron chi connectivity index (χ4n) is 4.80.